The molecular formula is C20H14Cl2N2O3. The summed E-state index contributed by atoms with van der Waals surface area (Å²) in [5, 5.41) is 3.44. The molecule has 3 aromatic rings. The minimum Gasteiger partial charge on any atom is -0.465 e. The largest absolute Gasteiger partial charge is 0.465 e. The van der Waals surface area contributed by atoms with E-state index >= 15 is 0 Å². The molecule has 5 nitrogen and oxygen atoms in total. The molecule has 0 fully saturated rings. The lowest BCUT2D eigenvalue weighted by atomic mass is 10.1. The van der Waals surface area contributed by atoms with Gasteiger partial charge in [0.05, 0.1) is 34.0 Å². The van der Waals surface area contributed by atoms with E-state index < -0.39 is 11.9 Å². The molecule has 0 aliphatic rings. The normalized spacial score (nSPS) is 10.3. The Hall–Kier alpha value is -2.89. The molecule has 27 heavy (non-hydrogen) atoms. The second-order valence-corrected chi connectivity index (χ2v) is 6.36. The van der Waals surface area contributed by atoms with Crippen molar-refractivity contribution < 1.29 is 14.3 Å². The Kier molecular flexibility index (Phi) is 5.74. The van der Waals surface area contributed by atoms with Crippen LogP contribution in [0.2, 0.25) is 10.0 Å². The summed E-state index contributed by atoms with van der Waals surface area (Å²) in [5.41, 5.74) is 2.43. The third-order valence-electron chi connectivity index (χ3n) is 3.80. The molecule has 1 amide bonds. The van der Waals surface area contributed by atoms with Crippen molar-refractivity contribution in [2.45, 2.75) is 0 Å². The highest BCUT2D eigenvalue weighted by molar-refractivity contribution is 6.35. The van der Waals surface area contributed by atoms with Gasteiger partial charge in [-0.1, -0.05) is 29.3 Å². The van der Waals surface area contributed by atoms with E-state index in [1.807, 2.05) is 18.2 Å². The number of halogens is 2. The van der Waals surface area contributed by atoms with Crippen molar-refractivity contribution >= 4 is 40.8 Å². The van der Waals surface area contributed by atoms with Crippen molar-refractivity contribution in [1.82, 2.24) is 4.98 Å². The second-order valence-electron chi connectivity index (χ2n) is 5.55. The number of amides is 1. The minimum absolute atomic E-state index is 0.148. The summed E-state index contributed by atoms with van der Waals surface area (Å²) in [4.78, 5) is 28.4. The number of carbonyl (C=O) groups excluding carboxylic acids is 2. The summed E-state index contributed by atoms with van der Waals surface area (Å²) in [7, 11) is 1.27. The fraction of sp³-hybridized carbons (Fsp3) is 0.0500. The maximum absolute atomic E-state index is 12.6. The van der Waals surface area contributed by atoms with Crippen LogP contribution in [-0.4, -0.2) is 24.0 Å². The molecule has 0 bridgehead atoms. The number of rotatable bonds is 4. The zero-order valence-electron chi connectivity index (χ0n) is 14.2. The third kappa shape index (κ3) is 4.27. The molecule has 0 aliphatic carbocycles. The Morgan fingerprint density at radius 3 is 2.48 bits per heavy atom. The van der Waals surface area contributed by atoms with Crippen LogP contribution in [0.15, 0.2) is 60.8 Å². The Morgan fingerprint density at radius 2 is 1.81 bits per heavy atom. The maximum Gasteiger partial charge on any atom is 0.337 e. The first kappa shape index (κ1) is 18.9. The lowest BCUT2D eigenvalue weighted by Gasteiger charge is -2.10. The molecule has 1 heterocycles. The van der Waals surface area contributed by atoms with Crippen LogP contribution in [0.3, 0.4) is 0 Å². The molecule has 3 rings (SSSR count). The van der Waals surface area contributed by atoms with Gasteiger partial charge in [-0.15, -0.1) is 0 Å². The van der Waals surface area contributed by atoms with E-state index in [0.717, 1.165) is 0 Å². The SMILES string of the molecule is COC(=O)c1ccc(C(=O)Nc2ccc(Cl)c(-c3ccccn3)c2)c(Cl)c1. The molecule has 0 saturated carbocycles. The van der Waals surface area contributed by atoms with Crippen LogP contribution in [0.1, 0.15) is 20.7 Å². The van der Waals surface area contributed by atoms with Crippen LogP contribution in [0.4, 0.5) is 5.69 Å². The first-order valence-corrected chi connectivity index (χ1v) is 8.65. The summed E-state index contributed by atoms with van der Waals surface area (Å²) < 4.78 is 4.64. The van der Waals surface area contributed by atoms with Gasteiger partial charge in [0.1, 0.15) is 0 Å². The zero-order valence-corrected chi connectivity index (χ0v) is 15.7. The molecule has 0 unspecified atom stereocenters. The van der Waals surface area contributed by atoms with Gasteiger partial charge in [-0.2, -0.15) is 0 Å². The van der Waals surface area contributed by atoms with E-state index in [1.54, 1.807) is 24.4 Å². The van der Waals surface area contributed by atoms with E-state index in [9.17, 15) is 9.59 Å². The van der Waals surface area contributed by atoms with Gasteiger partial charge in [0.25, 0.3) is 5.91 Å². The molecule has 0 aliphatic heterocycles. The Bertz CT molecular complexity index is 1010. The van der Waals surface area contributed by atoms with Gasteiger partial charge >= 0.3 is 5.97 Å². The van der Waals surface area contributed by atoms with Crippen LogP contribution < -0.4 is 5.32 Å². The maximum atomic E-state index is 12.6. The molecular weight excluding hydrogens is 387 g/mol. The number of nitrogens with zero attached hydrogens (tertiary/aromatic N) is 1. The molecule has 136 valence electrons. The number of methoxy groups -OCH3 is 1. The Balaban J connectivity index is 1.86. The Morgan fingerprint density at radius 1 is 1.00 bits per heavy atom. The number of hydrogen-bond donors (Lipinski definition) is 1. The first-order chi connectivity index (χ1) is 13.0. The van der Waals surface area contributed by atoms with Crippen molar-refractivity contribution in [3.63, 3.8) is 0 Å². The fourth-order valence-corrected chi connectivity index (χ4v) is 2.94. The third-order valence-corrected chi connectivity index (χ3v) is 4.44. The highest BCUT2D eigenvalue weighted by Gasteiger charge is 2.15. The van der Waals surface area contributed by atoms with Crippen LogP contribution in [-0.2, 0) is 4.74 Å². The smallest absolute Gasteiger partial charge is 0.337 e. The standard InChI is InChI=1S/C20H14Cl2N2O3/c1-27-20(26)12-5-7-14(17(22)10-12)19(25)24-13-6-8-16(21)15(11-13)18-4-2-3-9-23-18/h2-11H,1H3,(H,24,25). The van der Waals surface area contributed by atoms with Gasteiger partial charge in [-0.25, -0.2) is 4.79 Å². The van der Waals surface area contributed by atoms with Crippen molar-refractivity contribution in [2.24, 2.45) is 0 Å². The molecule has 1 N–H and O–H groups in total. The van der Waals surface area contributed by atoms with Crippen molar-refractivity contribution in [2.75, 3.05) is 12.4 Å². The quantitative estimate of drug-likeness (QED) is 0.618. The first-order valence-electron chi connectivity index (χ1n) is 7.90. The minimum atomic E-state index is -0.526. The number of esters is 1. The summed E-state index contributed by atoms with van der Waals surface area (Å²) in [6, 6.07) is 14.9. The second kappa shape index (κ2) is 8.20. The summed E-state index contributed by atoms with van der Waals surface area (Å²) in [6.45, 7) is 0. The number of nitrogens with one attached hydrogen (secondary N) is 1. The van der Waals surface area contributed by atoms with Gasteiger partial charge in [0, 0.05) is 17.4 Å². The van der Waals surface area contributed by atoms with E-state index in [-0.39, 0.29) is 16.1 Å². The topological polar surface area (TPSA) is 68.3 Å². The molecule has 0 atom stereocenters. The average Bonchev–Trinajstić information content (AvgIpc) is 2.69. The number of benzene rings is 2. The summed E-state index contributed by atoms with van der Waals surface area (Å²) in [6.07, 6.45) is 1.67. The summed E-state index contributed by atoms with van der Waals surface area (Å²) >= 11 is 12.4. The Labute approximate surface area is 165 Å². The van der Waals surface area contributed by atoms with Gasteiger partial charge in [0.15, 0.2) is 0 Å². The average molecular weight is 401 g/mol. The molecule has 1 aromatic heterocycles. The van der Waals surface area contributed by atoms with Crippen LogP contribution in [0.25, 0.3) is 11.3 Å². The van der Waals surface area contributed by atoms with E-state index in [1.165, 1.54) is 25.3 Å². The van der Waals surface area contributed by atoms with Crippen molar-refractivity contribution in [3.05, 3.63) is 82.0 Å². The zero-order chi connectivity index (χ0) is 19.4. The highest BCUT2D eigenvalue weighted by Crippen LogP contribution is 2.29. The lowest BCUT2D eigenvalue weighted by molar-refractivity contribution is 0.0600. The van der Waals surface area contributed by atoms with E-state index in [4.69, 9.17) is 23.2 Å². The van der Waals surface area contributed by atoms with Crippen molar-refractivity contribution in [1.29, 1.82) is 0 Å². The number of ether oxygens (including phenoxy) is 1. The van der Waals surface area contributed by atoms with Crippen LogP contribution >= 0.6 is 23.2 Å². The number of carbonyl (C=O) groups is 2. The van der Waals surface area contributed by atoms with Gasteiger partial charge in [0.2, 0.25) is 0 Å². The lowest BCUT2D eigenvalue weighted by Crippen LogP contribution is -2.13. The van der Waals surface area contributed by atoms with Gasteiger partial charge in [-0.3, -0.25) is 9.78 Å². The molecule has 0 saturated heterocycles. The number of anilines is 1. The van der Waals surface area contributed by atoms with Crippen molar-refractivity contribution in [3.8, 4) is 11.3 Å². The van der Waals surface area contributed by atoms with Gasteiger partial charge < -0.3 is 10.1 Å². The number of pyridine rings is 1. The predicted octanol–water partition coefficient (Wildman–Crippen LogP) is 5.09. The number of aromatic nitrogens is 1. The predicted molar refractivity (Wildman–Crippen MR) is 105 cm³/mol. The van der Waals surface area contributed by atoms with Gasteiger partial charge in [-0.05, 0) is 48.5 Å². The fourth-order valence-electron chi connectivity index (χ4n) is 2.46. The molecule has 7 heteroatoms. The molecule has 0 radical (unpaired) electrons. The monoisotopic (exact) mass is 400 g/mol. The van der Waals surface area contributed by atoms with E-state index in [2.05, 4.69) is 15.0 Å². The van der Waals surface area contributed by atoms with E-state index in [0.29, 0.717) is 22.0 Å². The van der Waals surface area contributed by atoms with Crippen LogP contribution in [0, 0.1) is 0 Å². The van der Waals surface area contributed by atoms with Crippen LogP contribution in [0.5, 0.6) is 0 Å². The summed E-state index contributed by atoms with van der Waals surface area (Å²) in [5.74, 6) is -0.938. The molecule has 0 spiro atoms. The highest BCUT2D eigenvalue weighted by atomic mass is 35.5. The molecule has 2 aromatic carbocycles. The number of hydrogen-bond acceptors (Lipinski definition) is 4.